The van der Waals surface area contributed by atoms with Crippen LogP contribution in [0.1, 0.15) is 50.3 Å². The number of ether oxygens (including phenoxy) is 1. The van der Waals surface area contributed by atoms with Gasteiger partial charge in [0, 0.05) is 44.6 Å². The Kier molecular flexibility index (Phi) is 11.0. The van der Waals surface area contributed by atoms with E-state index in [9.17, 15) is 14.4 Å². The van der Waals surface area contributed by atoms with Crippen molar-refractivity contribution in [2.24, 2.45) is 5.92 Å². The minimum atomic E-state index is -0.803. The molecule has 1 aromatic heterocycles. The van der Waals surface area contributed by atoms with Crippen LogP contribution in [0.5, 0.6) is 0 Å². The fourth-order valence-electron chi connectivity index (χ4n) is 3.22. The van der Waals surface area contributed by atoms with Crippen molar-refractivity contribution in [3.05, 3.63) is 47.0 Å². The van der Waals surface area contributed by atoms with Gasteiger partial charge >= 0.3 is 0 Å². The lowest BCUT2D eigenvalue weighted by Crippen LogP contribution is -2.45. The highest BCUT2D eigenvalue weighted by Gasteiger charge is 2.31. The summed E-state index contributed by atoms with van der Waals surface area (Å²) in [4.78, 5) is 44.2. The van der Waals surface area contributed by atoms with Crippen molar-refractivity contribution in [2.45, 2.75) is 46.1 Å². The standard InChI is InChI=1S/C24H34N4O4S/c1-17(2)11-12-25-23(31)22(19-7-5-18(3)6-8-19)28(14-15-32-4)21(30)10-9-20(29)27-24-26-13-16-33-24/h5-8,13,16-17,22H,9-12,14-15H2,1-4H3,(H,25,31)(H,26,27,29). The number of hydrogen-bond donors (Lipinski definition) is 2. The summed E-state index contributed by atoms with van der Waals surface area (Å²) in [5, 5.41) is 7.91. The Bertz CT molecular complexity index is 884. The molecule has 0 saturated heterocycles. The first-order valence-electron chi connectivity index (χ1n) is 11.1. The van der Waals surface area contributed by atoms with E-state index in [1.807, 2.05) is 31.2 Å². The van der Waals surface area contributed by atoms with E-state index in [-0.39, 0.29) is 43.7 Å². The van der Waals surface area contributed by atoms with Gasteiger partial charge in [0.15, 0.2) is 5.13 Å². The van der Waals surface area contributed by atoms with E-state index in [2.05, 4.69) is 29.5 Å². The van der Waals surface area contributed by atoms with Gasteiger partial charge in [0.1, 0.15) is 6.04 Å². The van der Waals surface area contributed by atoms with Gasteiger partial charge in [-0.3, -0.25) is 14.4 Å². The van der Waals surface area contributed by atoms with E-state index in [1.54, 1.807) is 18.7 Å². The van der Waals surface area contributed by atoms with Crippen molar-refractivity contribution in [3.63, 3.8) is 0 Å². The average molecular weight is 475 g/mol. The molecule has 0 saturated carbocycles. The fourth-order valence-corrected chi connectivity index (χ4v) is 3.77. The number of nitrogens with zero attached hydrogens (tertiary/aromatic N) is 2. The van der Waals surface area contributed by atoms with Crippen LogP contribution in [0, 0.1) is 12.8 Å². The Morgan fingerprint density at radius 2 is 1.88 bits per heavy atom. The van der Waals surface area contributed by atoms with Gasteiger partial charge in [0.05, 0.1) is 6.61 Å². The molecule has 0 aliphatic rings. The van der Waals surface area contributed by atoms with E-state index in [0.717, 1.165) is 17.5 Å². The Morgan fingerprint density at radius 3 is 2.48 bits per heavy atom. The third-order valence-electron chi connectivity index (χ3n) is 5.08. The molecule has 2 rings (SSSR count). The number of rotatable bonds is 13. The molecule has 33 heavy (non-hydrogen) atoms. The van der Waals surface area contributed by atoms with E-state index >= 15 is 0 Å². The molecule has 180 valence electrons. The minimum Gasteiger partial charge on any atom is -0.383 e. The smallest absolute Gasteiger partial charge is 0.247 e. The third kappa shape index (κ3) is 8.94. The molecule has 1 unspecified atom stereocenters. The normalized spacial score (nSPS) is 11.8. The third-order valence-corrected chi connectivity index (χ3v) is 5.76. The van der Waals surface area contributed by atoms with E-state index in [1.165, 1.54) is 16.2 Å². The number of nitrogens with one attached hydrogen (secondary N) is 2. The van der Waals surface area contributed by atoms with Gasteiger partial charge in [-0.2, -0.15) is 0 Å². The van der Waals surface area contributed by atoms with Crippen molar-refractivity contribution in [1.29, 1.82) is 0 Å². The maximum Gasteiger partial charge on any atom is 0.247 e. The molecule has 2 aromatic rings. The molecule has 0 aliphatic heterocycles. The summed E-state index contributed by atoms with van der Waals surface area (Å²) >= 11 is 1.31. The molecule has 1 aromatic carbocycles. The molecule has 0 aliphatic carbocycles. The lowest BCUT2D eigenvalue weighted by Gasteiger charge is -2.31. The average Bonchev–Trinajstić information content (AvgIpc) is 3.28. The van der Waals surface area contributed by atoms with Gasteiger partial charge < -0.3 is 20.3 Å². The molecular formula is C24H34N4O4S. The second kappa shape index (κ2) is 13.7. The van der Waals surface area contributed by atoms with Gasteiger partial charge in [-0.1, -0.05) is 43.7 Å². The van der Waals surface area contributed by atoms with Crippen molar-refractivity contribution in [3.8, 4) is 0 Å². The van der Waals surface area contributed by atoms with Gasteiger partial charge in [0.25, 0.3) is 0 Å². The molecule has 8 nitrogen and oxygen atoms in total. The molecule has 9 heteroatoms. The Balaban J connectivity index is 2.18. The summed E-state index contributed by atoms with van der Waals surface area (Å²) in [6.45, 7) is 7.19. The number of amides is 3. The number of aromatic nitrogens is 1. The number of thiazole rings is 1. The zero-order chi connectivity index (χ0) is 24.2. The molecular weight excluding hydrogens is 440 g/mol. The number of aryl methyl sites for hydroxylation is 1. The number of carbonyl (C=O) groups is 3. The number of hydrogen-bond acceptors (Lipinski definition) is 6. The molecule has 0 spiro atoms. The van der Waals surface area contributed by atoms with Crippen LogP contribution in [0.2, 0.25) is 0 Å². The summed E-state index contributed by atoms with van der Waals surface area (Å²) in [5.74, 6) is -0.369. The molecule has 0 bridgehead atoms. The quantitative estimate of drug-likeness (QED) is 0.462. The highest BCUT2D eigenvalue weighted by molar-refractivity contribution is 7.13. The summed E-state index contributed by atoms with van der Waals surface area (Å²) in [7, 11) is 1.55. The van der Waals surface area contributed by atoms with Gasteiger partial charge in [-0.15, -0.1) is 11.3 Å². The summed E-state index contributed by atoms with van der Waals surface area (Å²) in [6.07, 6.45) is 2.41. The van der Waals surface area contributed by atoms with E-state index < -0.39 is 6.04 Å². The Morgan fingerprint density at radius 1 is 1.15 bits per heavy atom. The zero-order valence-corrected chi connectivity index (χ0v) is 20.6. The summed E-state index contributed by atoms with van der Waals surface area (Å²) in [6, 6.07) is 6.77. The van der Waals surface area contributed by atoms with E-state index in [4.69, 9.17) is 4.74 Å². The first kappa shape index (κ1) is 26.5. The van der Waals surface area contributed by atoms with Crippen LogP contribution in [0.3, 0.4) is 0 Å². The van der Waals surface area contributed by atoms with Crippen LogP contribution < -0.4 is 10.6 Å². The highest BCUT2D eigenvalue weighted by Crippen LogP contribution is 2.23. The lowest BCUT2D eigenvalue weighted by atomic mass is 10.0. The predicted octanol–water partition coefficient (Wildman–Crippen LogP) is 3.55. The predicted molar refractivity (Wildman–Crippen MR) is 130 cm³/mol. The Labute approximate surface area is 199 Å². The van der Waals surface area contributed by atoms with Gasteiger partial charge in [-0.05, 0) is 24.8 Å². The minimum absolute atomic E-state index is 0.00250. The maximum absolute atomic E-state index is 13.2. The van der Waals surface area contributed by atoms with Crippen LogP contribution in [-0.2, 0) is 19.1 Å². The highest BCUT2D eigenvalue weighted by atomic mass is 32.1. The fraction of sp³-hybridized carbons (Fsp3) is 0.500. The molecule has 1 atom stereocenters. The van der Waals surface area contributed by atoms with Gasteiger partial charge in [-0.25, -0.2) is 4.98 Å². The molecule has 1 heterocycles. The number of anilines is 1. The van der Waals surface area contributed by atoms with Crippen LogP contribution in [-0.4, -0.2) is 54.4 Å². The summed E-state index contributed by atoms with van der Waals surface area (Å²) < 4.78 is 5.20. The van der Waals surface area contributed by atoms with Crippen molar-refractivity contribution < 1.29 is 19.1 Å². The molecule has 0 fully saturated rings. The van der Waals surface area contributed by atoms with Crippen LogP contribution in [0.25, 0.3) is 0 Å². The maximum atomic E-state index is 13.2. The SMILES string of the molecule is COCCN(C(=O)CCC(=O)Nc1nccs1)C(C(=O)NCCC(C)C)c1ccc(C)cc1. The number of methoxy groups -OCH3 is 1. The van der Waals surface area contributed by atoms with Crippen LogP contribution in [0.15, 0.2) is 35.8 Å². The van der Waals surface area contributed by atoms with Crippen molar-refractivity contribution in [1.82, 2.24) is 15.2 Å². The summed E-state index contributed by atoms with van der Waals surface area (Å²) in [5.41, 5.74) is 1.78. The Hall–Kier alpha value is -2.78. The second-order valence-corrected chi connectivity index (χ2v) is 9.15. The van der Waals surface area contributed by atoms with E-state index in [0.29, 0.717) is 17.6 Å². The van der Waals surface area contributed by atoms with Crippen molar-refractivity contribution >= 4 is 34.2 Å². The first-order valence-corrected chi connectivity index (χ1v) is 12.0. The molecule has 3 amide bonds. The zero-order valence-electron chi connectivity index (χ0n) is 19.8. The molecule has 0 radical (unpaired) electrons. The van der Waals surface area contributed by atoms with Gasteiger partial charge in [0.2, 0.25) is 17.7 Å². The van der Waals surface area contributed by atoms with Crippen molar-refractivity contribution in [2.75, 3.05) is 32.1 Å². The number of carbonyl (C=O) groups excluding carboxylic acids is 3. The lowest BCUT2D eigenvalue weighted by molar-refractivity contribution is -0.142. The van der Waals surface area contributed by atoms with Crippen LogP contribution in [0.4, 0.5) is 5.13 Å². The molecule has 2 N–H and O–H groups in total. The monoisotopic (exact) mass is 474 g/mol. The topological polar surface area (TPSA) is 101 Å². The second-order valence-electron chi connectivity index (χ2n) is 8.25. The van der Waals surface area contributed by atoms with Crippen LogP contribution >= 0.6 is 11.3 Å². The largest absolute Gasteiger partial charge is 0.383 e. The number of benzene rings is 1. The first-order chi connectivity index (χ1) is 15.8.